The van der Waals surface area contributed by atoms with Crippen LogP contribution in [-0.4, -0.2) is 59.2 Å². The summed E-state index contributed by atoms with van der Waals surface area (Å²) in [6.07, 6.45) is 14.8. The molecule has 0 amide bonds. The third kappa shape index (κ3) is 2.44. The minimum absolute atomic E-state index is 0. The summed E-state index contributed by atoms with van der Waals surface area (Å²) in [5.74, 6) is 2.29. The SMILES string of the molecule is CN(C)c1n2c(c3cccc[n+]13)C1C3C=CC=CN3C(=[N+](C)C)N1c1ccncc1-2.[Cl-]. The second-order valence-corrected chi connectivity index (χ2v) is 8.37. The fraction of sp³-hybridized carbons (Fsp3) is 0.261. The second kappa shape index (κ2) is 6.85. The third-order valence-electron chi connectivity index (χ3n) is 6.17. The topological polar surface area (TPSA) is 34.6 Å². The first-order valence-electron chi connectivity index (χ1n) is 10.2. The molecular weight excluding hydrogens is 410 g/mol. The average Bonchev–Trinajstić information content (AvgIpc) is 3.27. The molecular formula is C23H25ClN7+. The van der Waals surface area contributed by atoms with E-state index in [2.05, 4.69) is 116 Å². The van der Waals surface area contributed by atoms with Crippen molar-refractivity contribution >= 4 is 23.1 Å². The first-order chi connectivity index (χ1) is 14.6. The lowest BCUT2D eigenvalue weighted by molar-refractivity contribution is -0.497. The predicted octanol–water partition coefficient (Wildman–Crippen LogP) is -1.06. The largest absolute Gasteiger partial charge is 1.00 e. The van der Waals surface area contributed by atoms with Crippen LogP contribution < -0.4 is 26.6 Å². The molecule has 0 bridgehead atoms. The number of hydrogen-bond acceptors (Lipinski definition) is 2. The van der Waals surface area contributed by atoms with Gasteiger partial charge in [-0.3, -0.25) is 14.5 Å². The summed E-state index contributed by atoms with van der Waals surface area (Å²) >= 11 is 0. The van der Waals surface area contributed by atoms with Gasteiger partial charge in [0.15, 0.2) is 17.4 Å². The number of fused-ring (bicyclic) bond motifs is 10. The van der Waals surface area contributed by atoms with Gasteiger partial charge in [-0.2, -0.15) is 4.57 Å². The van der Waals surface area contributed by atoms with Gasteiger partial charge in [-0.25, -0.2) is 14.2 Å². The Bertz CT molecular complexity index is 1280. The summed E-state index contributed by atoms with van der Waals surface area (Å²) in [5, 5.41) is 0. The first kappa shape index (κ1) is 19.6. The van der Waals surface area contributed by atoms with Gasteiger partial charge in [-0.15, -0.1) is 0 Å². The van der Waals surface area contributed by atoms with Crippen LogP contribution in [0.15, 0.2) is 67.3 Å². The van der Waals surface area contributed by atoms with Crippen molar-refractivity contribution in [3.63, 3.8) is 0 Å². The third-order valence-corrected chi connectivity index (χ3v) is 6.17. The van der Waals surface area contributed by atoms with Gasteiger partial charge in [-0.05, 0) is 30.4 Å². The molecule has 3 aliphatic rings. The molecule has 2 unspecified atom stereocenters. The van der Waals surface area contributed by atoms with Crippen molar-refractivity contribution in [2.45, 2.75) is 12.1 Å². The highest BCUT2D eigenvalue weighted by molar-refractivity contribution is 6.01. The molecule has 31 heavy (non-hydrogen) atoms. The lowest BCUT2D eigenvalue weighted by Crippen LogP contribution is -3.00. The van der Waals surface area contributed by atoms with Crippen molar-refractivity contribution in [2.24, 2.45) is 0 Å². The Balaban J connectivity index is 0.00000204. The van der Waals surface area contributed by atoms with E-state index in [1.54, 1.807) is 0 Å². The zero-order valence-corrected chi connectivity index (χ0v) is 18.8. The van der Waals surface area contributed by atoms with E-state index in [1.165, 1.54) is 22.9 Å². The number of aromatic nitrogens is 3. The second-order valence-electron chi connectivity index (χ2n) is 8.37. The van der Waals surface area contributed by atoms with Gasteiger partial charge in [0, 0.05) is 6.20 Å². The highest BCUT2D eigenvalue weighted by atomic mass is 35.5. The van der Waals surface area contributed by atoms with Crippen LogP contribution >= 0.6 is 0 Å². The summed E-state index contributed by atoms with van der Waals surface area (Å²) in [7, 11) is 8.44. The van der Waals surface area contributed by atoms with E-state index < -0.39 is 0 Å². The lowest BCUT2D eigenvalue weighted by Gasteiger charge is -2.27. The fourth-order valence-electron chi connectivity index (χ4n) is 5.21. The summed E-state index contributed by atoms with van der Waals surface area (Å²) in [6, 6.07) is 8.92. The normalized spacial score (nSPS) is 20.2. The van der Waals surface area contributed by atoms with Gasteiger partial charge < -0.3 is 12.4 Å². The van der Waals surface area contributed by atoms with Gasteiger partial charge in [0.2, 0.25) is 0 Å². The molecule has 0 spiro atoms. The van der Waals surface area contributed by atoms with E-state index in [9.17, 15) is 0 Å². The molecule has 3 aromatic rings. The van der Waals surface area contributed by atoms with Crippen molar-refractivity contribution in [2.75, 3.05) is 38.0 Å². The van der Waals surface area contributed by atoms with Crippen molar-refractivity contribution in [1.29, 1.82) is 0 Å². The molecule has 0 saturated carbocycles. The zero-order valence-electron chi connectivity index (χ0n) is 18.0. The maximum atomic E-state index is 4.50. The number of hydrogen-bond donors (Lipinski definition) is 0. The molecule has 3 aliphatic heterocycles. The monoisotopic (exact) mass is 434 g/mol. The molecule has 6 heterocycles. The van der Waals surface area contributed by atoms with Crippen LogP contribution in [0, 0.1) is 0 Å². The lowest BCUT2D eigenvalue weighted by atomic mass is 9.99. The number of pyridine rings is 2. The Hall–Kier alpha value is -3.32. The Morgan fingerprint density at radius 3 is 2.71 bits per heavy atom. The van der Waals surface area contributed by atoms with Gasteiger partial charge >= 0.3 is 11.9 Å². The van der Waals surface area contributed by atoms with Gasteiger partial charge in [-0.1, -0.05) is 12.1 Å². The van der Waals surface area contributed by atoms with Gasteiger partial charge in [0.1, 0.15) is 17.2 Å². The smallest absolute Gasteiger partial charge is 0.369 e. The van der Waals surface area contributed by atoms with Crippen LogP contribution in [0.5, 0.6) is 0 Å². The molecule has 1 fully saturated rings. The minimum atomic E-state index is 0. The highest BCUT2D eigenvalue weighted by Crippen LogP contribution is 2.49. The molecule has 8 heteroatoms. The number of guanidine groups is 1. The molecule has 0 aliphatic carbocycles. The summed E-state index contributed by atoms with van der Waals surface area (Å²) in [4.78, 5) is 11.5. The van der Waals surface area contributed by atoms with Crippen molar-refractivity contribution in [3.8, 4) is 5.69 Å². The Morgan fingerprint density at radius 1 is 1.10 bits per heavy atom. The molecule has 1 saturated heterocycles. The molecule has 3 aromatic heterocycles. The number of allylic oxidation sites excluding steroid dienone is 2. The number of imidazole rings is 1. The Labute approximate surface area is 187 Å². The van der Waals surface area contributed by atoms with E-state index in [0.29, 0.717) is 0 Å². The predicted molar refractivity (Wildman–Crippen MR) is 117 cm³/mol. The summed E-state index contributed by atoms with van der Waals surface area (Å²) in [5.41, 5.74) is 4.77. The highest BCUT2D eigenvalue weighted by Gasteiger charge is 2.58. The molecule has 0 N–H and O–H groups in total. The number of halogens is 1. The van der Waals surface area contributed by atoms with E-state index in [1.807, 2.05) is 12.4 Å². The molecule has 2 atom stereocenters. The van der Waals surface area contributed by atoms with E-state index in [0.717, 1.165) is 11.6 Å². The molecule has 0 radical (unpaired) electrons. The van der Waals surface area contributed by atoms with Crippen LogP contribution in [0.4, 0.5) is 11.6 Å². The Kier molecular flexibility index (Phi) is 4.34. The van der Waals surface area contributed by atoms with E-state index in [-0.39, 0.29) is 24.5 Å². The van der Waals surface area contributed by atoms with Gasteiger partial charge in [0.05, 0.1) is 46.8 Å². The van der Waals surface area contributed by atoms with Crippen molar-refractivity contribution < 1.29 is 21.4 Å². The standard InChI is InChI=1S/C23H25N7.ClH/c1-25(2)22-27-13-7-5-9-17(27)20-21-18-10-6-8-14-28(18)23(26(3)4)30(21)19-15-24-12-11-16(19)29(20)22;/h5-15,17,20H,1-4H3;1H/q+2;/p-1. The molecule has 0 aromatic carbocycles. The van der Waals surface area contributed by atoms with E-state index in [4.69, 9.17) is 0 Å². The molecule has 158 valence electrons. The number of anilines is 2. The van der Waals surface area contributed by atoms with Crippen LogP contribution in [0.2, 0.25) is 0 Å². The van der Waals surface area contributed by atoms with E-state index >= 15 is 0 Å². The van der Waals surface area contributed by atoms with Crippen LogP contribution in [0.3, 0.4) is 0 Å². The quantitative estimate of drug-likeness (QED) is 0.457. The minimum Gasteiger partial charge on any atom is -1.00 e. The van der Waals surface area contributed by atoms with Crippen LogP contribution in [-0.2, 0) is 0 Å². The fourth-order valence-corrected chi connectivity index (χ4v) is 5.21. The summed E-state index contributed by atoms with van der Waals surface area (Å²) in [6.45, 7) is 0. The molecule has 6 rings (SSSR count). The number of rotatable bonds is 1. The summed E-state index contributed by atoms with van der Waals surface area (Å²) < 4.78 is 6.89. The maximum Gasteiger partial charge on any atom is 0.369 e. The maximum absolute atomic E-state index is 4.50. The average molecular weight is 435 g/mol. The Morgan fingerprint density at radius 2 is 1.94 bits per heavy atom. The van der Waals surface area contributed by atoms with Crippen molar-refractivity contribution in [3.05, 3.63) is 73.0 Å². The van der Waals surface area contributed by atoms with Crippen LogP contribution in [0.1, 0.15) is 11.7 Å². The number of nitrogens with zero attached hydrogens (tertiary/aromatic N) is 7. The van der Waals surface area contributed by atoms with Crippen LogP contribution in [0.25, 0.3) is 11.2 Å². The van der Waals surface area contributed by atoms with Crippen molar-refractivity contribution in [1.82, 2.24) is 14.5 Å². The van der Waals surface area contributed by atoms with Gasteiger partial charge in [0.25, 0.3) is 0 Å². The first-order valence-corrected chi connectivity index (χ1v) is 10.2. The zero-order chi connectivity index (χ0) is 20.6. The molecule has 7 nitrogen and oxygen atoms in total.